The van der Waals surface area contributed by atoms with E-state index in [4.69, 9.17) is 0 Å². The van der Waals surface area contributed by atoms with Crippen LogP contribution in [0.4, 0.5) is 8.78 Å². The fourth-order valence-electron chi connectivity index (χ4n) is 2.41. The Bertz CT molecular complexity index is 720. The summed E-state index contributed by atoms with van der Waals surface area (Å²) >= 11 is 0. The van der Waals surface area contributed by atoms with Gasteiger partial charge in [-0.3, -0.25) is 4.79 Å². The van der Waals surface area contributed by atoms with Crippen LogP contribution in [-0.4, -0.2) is 29.6 Å². The lowest BCUT2D eigenvalue weighted by atomic mass is 10.1. The number of ether oxygens (including phenoxy) is 1. The predicted octanol–water partition coefficient (Wildman–Crippen LogP) is 3.03. The molecule has 1 atom stereocenters. The number of halogens is 2. The van der Waals surface area contributed by atoms with E-state index in [0.29, 0.717) is 6.42 Å². The van der Waals surface area contributed by atoms with Crippen LogP contribution in [0.15, 0.2) is 54.6 Å². The number of hydrogen-bond acceptors (Lipinski definition) is 3. The fraction of sp³-hybridized carbons (Fsp3) is 0.263. The third-order valence-corrected chi connectivity index (χ3v) is 3.71. The van der Waals surface area contributed by atoms with Crippen LogP contribution in [0.25, 0.3) is 0 Å². The number of alkyl halides is 2. The Morgan fingerprint density at radius 1 is 1.00 bits per heavy atom. The molecule has 138 valence electrons. The van der Waals surface area contributed by atoms with Gasteiger partial charge in [-0.2, -0.15) is 8.78 Å². The van der Waals surface area contributed by atoms with Gasteiger partial charge in [-0.15, -0.1) is 0 Å². The van der Waals surface area contributed by atoms with Crippen molar-refractivity contribution in [2.24, 2.45) is 0 Å². The van der Waals surface area contributed by atoms with Gasteiger partial charge >= 0.3 is 12.6 Å². The second kappa shape index (κ2) is 9.50. The monoisotopic (exact) mass is 363 g/mol. The summed E-state index contributed by atoms with van der Waals surface area (Å²) in [5.41, 5.74) is 1.58. The third kappa shape index (κ3) is 6.51. The number of amides is 1. The van der Waals surface area contributed by atoms with E-state index >= 15 is 0 Å². The summed E-state index contributed by atoms with van der Waals surface area (Å²) in [5, 5.41) is 11.8. The minimum atomic E-state index is -2.89. The van der Waals surface area contributed by atoms with E-state index < -0.39 is 18.6 Å². The van der Waals surface area contributed by atoms with Crippen molar-refractivity contribution in [1.29, 1.82) is 0 Å². The summed E-state index contributed by atoms with van der Waals surface area (Å²) in [6.07, 6.45) is 0.646. The number of benzene rings is 2. The second-order valence-corrected chi connectivity index (χ2v) is 5.67. The normalized spacial score (nSPS) is 11.8. The van der Waals surface area contributed by atoms with Crippen molar-refractivity contribution in [3.05, 3.63) is 65.7 Å². The molecule has 7 heteroatoms. The number of aliphatic carboxylic acids is 1. The lowest BCUT2D eigenvalue weighted by Crippen LogP contribution is -2.42. The van der Waals surface area contributed by atoms with Gasteiger partial charge in [0, 0.05) is 12.8 Å². The van der Waals surface area contributed by atoms with Crippen LogP contribution >= 0.6 is 0 Å². The number of carbonyl (C=O) groups excluding carboxylic acids is 1. The molecule has 0 saturated carbocycles. The Hall–Kier alpha value is -2.96. The molecule has 0 fully saturated rings. The Kier molecular flexibility index (Phi) is 7.08. The van der Waals surface area contributed by atoms with E-state index in [1.807, 2.05) is 6.07 Å². The molecule has 0 spiro atoms. The number of nitrogens with one attached hydrogen (secondary N) is 1. The van der Waals surface area contributed by atoms with Crippen molar-refractivity contribution in [3.8, 4) is 5.75 Å². The smallest absolute Gasteiger partial charge is 0.387 e. The van der Waals surface area contributed by atoms with Crippen LogP contribution in [0.2, 0.25) is 0 Å². The Balaban J connectivity index is 1.85. The van der Waals surface area contributed by atoms with Gasteiger partial charge in [-0.05, 0) is 29.7 Å². The molecular formula is C19H19F2NO4. The Morgan fingerprint density at radius 2 is 1.65 bits per heavy atom. The number of carbonyl (C=O) groups is 2. The van der Waals surface area contributed by atoms with Crippen LogP contribution in [0.1, 0.15) is 17.5 Å². The lowest BCUT2D eigenvalue weighted by Gasteiger charge is -2.14. The van der Waals surface area contributed by atoms with Gasteiger partial charge in [0.25, 0.3) is 0 Å². The lowest BCUT2D eigenvalue weighted by molar-refractivity contribution is -0.141. The molecule has 26 heavy (non-hydrogen) atoms. The fourth-order valence-corrected chi connectivity index (χ4v) is 2.41. The van der Waals surface area contributed by atoms with Gasteiger partial charge < -0.3 is 15.2 Å². The minimum absolute atomic E-state index is 0.0435. The average Bonchev–Trinajstić information content (AvgIpc) is 2.61. The molecule has 0 aliphatic carbocycles. The van der Waals surface area contributed by atoms with E-state index in [9.17, 15) is 23.5 Å². The predicted molar refractivity (Wildman–Crippen MR) is 91.1 cm³/mol. The number of aryl methyl sites for hydroxylation is 1. The molecule has 1 amide bonds. The number of carboxylic acids is 1. The number of hydrogen-bond donors (Lipinski definition) is 2. The van der Waals surface area contributed by atoms with Crippen LogP contribution in [-0.2, 0) is 22.4 Å². The number of rotatable bonds is 9. The summed E-state index contributed by atoms with van der Waals surface area (Å²) < 4.78 is 28.4. The highest BCUT2D eigenvalue weighted by molar-refractivity contribution is 5.83. The van der Waals surface area contributed by atoms with E-state index in [1.165, 1.54) is 12.1 Å². The molecule has 2 N–H and O–H groups in total. The van der Waals surface area contributed by atoms with Crippen molar-refractivity contribution in [1.82, 2.24) is 5.32 Å². The molecule has 0 saturated heterocycles. The molecule has 2 rings (SSSR count). The standard InChI is InChI=1S/C19H19F2NO4/c20-19(21)26-15-9-6-13(7-10-15)8-11-17(23)22-16(18(24)25)12-14-4-2-1-3-5-14/h1-7,9-10,16,19H,8,11-12H2,(H,22,23)(H,24,25). The molecule has 2 aromatic rings. The summed E-state index contributed by atoms with van der Waals surface area (Å²) in [6, 6.07) is 14.0. The molecule has 1 unspecified atom stereocenters. The first-order valence-corrected chi connectivity index (χ1v) is 8.04. The van der Waals surface area contributed by atoms with Crippen molar-refractivity contribution in [2.45, 2.75) is 31.9 Å². The van der Waals surface area contributed by atoms with Crippen LogP contribution in [0, 0.1) is 0 Å². The Morgan fingerprint density at radius 3 is 2.23 bits per heavy atom. The van der Waals surface area contributed by atoms with Gasteiger partial charge in [0.05, 0.1) is 0 Å². The van der Waals surface area contributed by atoms with Gasteiger partial charge in [0.2, 0.25) is 5.91 Å². The van der Waals surface area contributed by atoms with Crippen molar-refractivity contribution >= 4 is 11.9 Å². The minimum Gasteiger partial charge on any atom is -0.480 e. The zero-order valence-corrected chi connectivity index (χ0v) is 13.9. The highest BCUT2D eigenvalue weighted by atomic mass is 19.3. The van der Waals surface area contributed by atoms with E-state index in [-0.39, 0.29) is 24.5 Å². The van der Waals surface area contributed by atoms with Gasteiger partial charge in [-0.1, -0.05) is 42.5 Å². The molecular weight excluding hydrogens is 344 g/mol. The molecule has 0 aliphatic rings. The average molecular weight is 363 g/mol. The topological polar surface area (TPSA) is 75.6 Å². The van der Waals surface area contributed by atoms with E-state index in [1.54, 1.807) is 36.4 Å². The van der Waals surface area contributed by atoms with Crippen molar-refractivity contribution in [3.63, 3.8) is 0 Å². The maximum atomic E-state index is 12.1. The highest BCUT2D eigenvalue weighted by Crippen LogP contribution is 2.15. The van der Waals surface area contributed by atoms with Gasteiger partial charge in [-0.25, -0.2) is 4.79 Å². The first-order valence-electron chi connectivity index (χ1n) is 8.04. The maximum absolute atomic E-state index is 12.1. The summed E-state index contributed by atoms with van der Waals surface area (Å²) in [7, 11) is 0. The van der Waals surface area contributed by atoms with Crippen LogP contribution < -0.4 is 10.1 Å². The highest BCUT2D eigenvalue weighted by Gasteiger charge is 2.20. The van der Waals surface area contributed by atoms with Crippen molar-refractivity contribution in [2.75, 3.05) is 0 Å². The molecule has 0 radical (unpaired) electrons. The first kappa shape index (κ1) is 19.4. The van der Waals surface area contributed by atoms with Crippen LogP contribution in [0.3, 0.4) is 0 Å². The third-order valence-electron chi connectivity index (χ3n) is 3.71. The van der Waals surface area contributed by atoms with Gasteiger partial charge in [0.15, 0.2) is 0 Å². The Labute approximate surface area is 149 Å². The van der Waals surface area contributed by atoms with Gasteiger partial charge in [0.1, 0.15) is 11.8 Å². The van der Waals surface area contributed by atoms with Crippen LogP contribution in [0.5, 0.6) is 5.75 Å². The molecule has 0 heterocycles. The van der Waals surface area contributed by atoms with E-state index in [0.717, 1.165) is 11.1 Å². The molecule has 0 bridgehead atoms. The molecule has 2 aromatic carbocycles. The summed E-state index contributed by atoms with van der Waals surface area (Å²) in [6.45, 7) is -2.89. The molecule has 0 aromatic heterocycles. The zero-order chi connectivity index (χ0) is 18.9. The summed E-state index contributed by atoms with van der Waals surface area (Å²) in [5.74, 6) is -1.45. The number of carboxylic acid groups (broad SMARTS) is 1. The largest absolute Gasteiger partial charge is 0.480 e. The molecule has 5 nitrogen and oxygen atoms in total. The quantitative estimate of drug-likeness (QED) is 0.718. The zero-order valence-electron chi connectivity index (χ0n) is 13.9. The van der Waals surface area contributed by atoms with Crippen molar-refractivity contribution < 1.29 is 28.2 Å². The van der Waals surface area contributed by atoms with E-state index in [2.05, 4.69) is 10.1 Å². The maximum Gasteiger partial charge on any atom is 0.387 e. The molecule has 0 aliphatic heterocycles. The second-order valence-electron chi connectivity index (χ2n) is 5.67. The first-order chi connectivity index (χ1) is 12.4. The summed E-state index contributed by atoms with van der Waals surface area (Å²) in [4.78, 5) is 23.4. The SMILES string of the molecule is O=C(CCc1ccc(OC(F)F)cc1)NC(Cc1ccccc1)C(=O)O.